The van der Waals surface area contributed by atoms with Crippen molar-refractivity contribution in [3.05, 3.63) is 29.3 Å². The molecule has 18 heavy (non-hydrogen) atoms. The van der Waals surface area contributed by atoms with Crippen LogP contribution in [0.15, 0.2) is 18.2 Å². The molecule has 3 nitrogen and oxygen atoms in total. The van der Waals surface area contributed by atoms with Crippen LogP contribution in [0.2, 0.25) is 0 Å². The van der Waals surface area contributed by atoms with Crippen LogP contribution in [0.5, 0.6) is 0 Å². The summed E-state index contributed by atoms with van der Waals surface area (Å²) >= 11 is 0. The van der Waals surface area contributed by atoms with Crippen LogP contribution in [0.3, 0.4) is 0 Å². The van der Waals surface area contributed by atoms with Crippen LogP contribution in [-0.4, -0.2) is 19.1 Å². The third kappa shape index (κ3) is 2.84. The molecule has 2 rings (SSSR count). The SMILES string of the molecule is Cc1ccc(N(C)C(=O)NC2CCCC2)c(C)c1. The molecule has 1 aromatic carbocycles. The van der Waals surface area contributed by atoms with Crippen LogP contribution < -0.4 is 10.2 Å². The zero-order chi connectivity index (χ0) is 13.1. The van der Waals surface area contributed by atoms with E-state index in [9.17, 15) is 4.79 Å². The molecule has 2 amide bonds. The lowest BCUT2D eigenvalue weighted by atomic mass is 10.1. The normalized spacial score (nSPS) is 15.7. The van der Waals surface area contributed by atoms with Gasteiger partial charge < -0.3 is 5.32 Å². The molecule has 1 N–H and O–H groups in total. The fourth-order valence-corrected chi connectivity index (χ4v) is 2.63. The van der Waals surface area contributed by atoms with Gasteiger partial charge in [0.2, 0.25) is 0 Å². The average molecular weight is 246 g/mol. The fourth-order valence-electron chi connectivity index (χ4n) is 2.63. The third-order valence-corrected chi connectivity index (χ3v) is 3.70. The van der Waals surface area contributed by atoms with E-state index in [2.05, 4.69) is 18.3 Å². The van der Waals surface area contributed by atoms with Crippen molar-refractivity contribution >= 4 is 11.7 Å². The van der Waals surface area contributed by atoms with Gasteiger partial charge in [-0.25, -0.2) is 4.79 Å². The number of nitrogens with one attached hydrogen (secondary N) is 1. The minimum atomic E-state index is 0.00820. The summed E-state index contributed by atoms with van der Waals surface area (Å²) in [4.78, 5) is 13.9. The Kier molecular flexibility index (Phi) is 3.90. The van der Waals surface area contributed by atoms with Gasteiger partial charge >= 0.3 is 6.03 Å². The first-order valence-corrected chi connectivity index (χ1v) is 6.69. The number of benzene rings is 1. The average Bonchev–Trinajstić information content (AvgIpc) is 2.81. The first-order valence-electron chi connectivity index (χ1n) is 6.69. The minimum Gasteiger partial charge on any atom is -0.335 e. The molecule has 0 unspecified atom stereocenters. The highest BCUT2D eigenvalue weighted by Gasteiger charge is 2.20. The minimum absolute atomic E-state index is 0.00820. The van der Waals surface area contributed by atoms with Gasteiger partial charge in [-0.15, -0.1) is 0 Å². The van der Waals surface area contributed by atoms with Gasteiger partial charge in [0, 0.05) is 18.8 Å². The Labute approximate surface area is 109 Å². The summed E-state index contributed by atoms with van der Waals surface area (Å²) in [6, 6.07) is 6.54. The topological polar surface area (TPSA) is 32.3 Å². The maximum atomic E-state index is 12.2. The van der Waals surface area contributed by atoms with Crippen molar-refractivity contribution in [2.24, 2.45) is 0 Å². The Morgan fingerprint density at radius 2 is 1.94 bits per heavy atom. The van der Waals surface area contributed by atoms with Crippen molar-refractivity contribution < 1.29 is 4.79 Å². The molecule has 1 aliphatic rings. The van der Waals surface area contributed by atoms with Crippen LogP contribution in [0, 0.1) is 13.8 Å². The molecule has 1 saturated carbocycles. The molecule has 0 aromatic heterocycles. The van der Waals surface area contributed by atoms with Gasteiger partial charge in [-0.2, -0.15) is 0 Å². The molecule has 1 aliphatic carbocycles. The predicted molar refractivity (Wildman–Crippen MR) is 75.1 cm³/mol. The van der Waals surface area contributed by atoms with Gasteiger partial charge in [-0.1, -0.05) is 30.5 Å². The Morgan fingerprint density at radius 1 is 1.28 bits per heavy atom. The molecule has 98 valence electrons. The van der Waals surface area contributed by atoms with Gasteiger partial charge in [0.15, 0.2) is 0 Å². The zero-order valence-corrected chi connectivity index (χ0v) is 11.5. The number of rotatable bonds is 2. The highest BCUT2D eigenvalue weighted by atomic mass is 16.2. The molecule has 1 aromatic rings. The Balaban J connectivity index is 2.05. The summed E-state index contributed by atoms with van der Waals surface area (Å²) in [5.41, 5.74) is 3.34. The number of carbonyl (C=O) groups excluding carboxylic acids is 1. The third-order valence-electron chi connectivity index (χ3n) is 3.70. The molecule has 0 aliphatic heterocycles. The van der Waals surface area contributed by atoms with Gasteiger partial charge in [-0.05, 0) is 38.3 Å². The monoisotopic (exact) mass is 246 g/mol. The molecular weight excluding hydrogens is 224 g/mol. The Hall–Kier alpha value is -1.51. The second-order valence-corrected chi connectivity index (χ2v) is 5.28. The molecule has 0 bridgehead atoms. The largest absolute Gasteiger partial charge is 0.335 e. The van der Waals surface area contributed by atoms with Crippen LogP contribution >= 0.6 is 0 Å². The highest BCUT2D eigenvalue weighted by Crippen LogP contribution is 2.21. The van der Waals surface area contributed by atoms with Crippen molar-refractivity contribution in [3.63, 3.8) is 0 Å². The molecule has 0 saturated heterocycles. The van der Waals surface area contributed by atoms with Crippen LogP contribution in [-0.2, 0) is 0 Å². The molecule has 0 heterocycles. The van der Waals surface area contributed by atoms with Crippen LogP contribution in [0.1, 0.15) is 36.8 Å². The number of urea groups is 1. The van der Waals surface area contributed by atoms with E-state index in [-0.39, 0.29) is 6.03 Å². The van der Waals surface area contributed by atoms with Crippen LogP contribution in [0.25, 0.3) is 0 Å². The lowest BCUT2D eigenvalue weighted by Crippen LogP contribution is -2.42. The quantitative estimate of drug-likeness (QED) is 0.852. The summed E-state index contributed by atoms with van der Waals surface area (Å²) in [7, 11) is 1.84. The zero-order valence-electron chi connectivity index (χ0n) is 11.5. The number of hydrogen-bond acceptors (Lipinski definition) is 1. The van der Waals surface area contributed by atoms with Gasteiger partial charge in [0.05, 0.1) is 0 Å². The molecule has 1 fully saturated rings. The maximum Gasteiger partial charge on any atom is 0.321 e. The van der Waals surface area contributed by atoms with Crippen molar-refractivity contribution in [1.29, 1.82) is 0 Å². The summed E-state index contributed by atoms with van der Waals surface area (Å²) in [5, 5.41) is 3.11. The number of nitrogens with zero attached hydrogens (tertiary/aromatic N) is 1. The summed E-state index contributed by atoms with van der Waals surface area (Å²) in [6.07, 6.45) is 4.70. The van der Waals surface area contributed by atoms with E-state index in [1.54, 1.807) is 4.90 Å². The second kappa shape index (κ2) is 5.42. The number of anilines is 1. The lowest BCUT2D eigenvalue weighted by Gasteiger charge is -2.22. The predicted octanol–water partition coefficient (Wildman–Crippen LogP) is 3.39. The Morgan fingerprint density at radius 3 is 2.56 bits per heavy atom. The van der Waals surface area contributed by atoms with E-state index in [1.807, 2.05) is 26.1 Å². The smallest absolute Gasteiger partial charge is 0.321 e. The fraction of sp³-hybridized carbons (Fsp3) is 0.533. The van der Waals surface area contributed by atoms with E-state index >= 15 is 0 Å². The maximum absolute atomic E-state index is 12.2. The Bertz CT molecular complexity index is 436. The van der Waals surface area contributed by atoms with E-state index in [0.717, 1.165) is 24.1 Å². The standard InChI is InChI=1S/C15H22N2O/c1-11-8-9-14(12(2)10-11)17(3)15(18)16-13-6-4-5-7-13/h8-10,13H,4-7H2,1-3H3,(H,16,18). The molecular formula is C15H22N2O. The molecule has 0 radical (unpaired) electrons. The van der Waals surface area contributed by atoms with Crippen molar-refractivity contribution in [2.45, 2.75) is 45.6 Å². The first kappa shape index (κ1) is 12.9. The number of aryl methyl sites for hydroxylation is 2. The molecule has 0 spiro atoms. The number of hydrogen-bond donors (Lipinski definition) is 1. The van der Waals surface area contributed by atoms with E-state index in [4.69, 9.17) is 0 Å². The van der Waals surface area contributed by atoms with E-state index < -0.39 is 0 Å². The van der Waals surface area contributed by atoms with Crippen molar-refractivity contribution in [2.75, 3.05) is 11.9 Å². The van der Waals surface area contributed by atoms with Crippen molar-refractivity contribution in [3.8, 4) is 0 Å². The van der Waals surface area contributed by atoms with E-state index in [1.165, 1.54) is 18.4 Å². The summed E-state index contributed by atoms with van der Waals surface area (Å²) in [6.45, 7) is 4.11. The molecule has 0 atom stereocenters. The van der Waals surface area contributed by atoms with E-state index in [0.29, 0.717) is 6.04 Å². The molecule has 3 heteroatoms. The summed E-state index contributed by atoms with van der Waals surface area (Å²) < 4.78 is 0. The number of carbonyl (C=O) groups is 1. The lowest BCUT2D eigenvalue weighted by molar-refractivity contribution is 0.244. The van der Waals surface area contributed by atoms with Gasteiger partial charge in [0.25, 0.3) is 0 Å². The number of amides is 2. The van der Waals surface area contributed by atoms with Gasteiger partial charge in [0.1, 0.15) is 0 Å². The summed E-state index contributed by atoms with van der Waals surface area (Å²) in [5.74, 6) is 0. The van der Waals surface area contributed by atoms with Crippen molar-refractivity contribution in [1.82, 2.24) is 5.32 Å². The van der Waals surface area contributed by atoms with Crippen LogP contribution in [0.4, 0.5) is 10.5 Å². The van der Waals surface area contributed by atoms with Gasteiger partial charge in [-0.3, -0.25) is 4.90 Å². The highest BCUT2D eigenvalue weighted by molar-refractivity contribution is 5.92. The second-order valence-electron chi connectivity index (χ2n) is 5.28. The first-order chi connectivity index (χ1) is 8.58.